The summed E-state index contributed by atoms with van der Waals surface area (Å²) in [6, 6.07) is 5.25. The molecule has 0 spiro atoms. The van der Waals surface area contributed by atoms with E-state index in [4.69, 9.17) is 0 Å². The zero-order valence-corrected chi connectivity index (χ0v) is 11.3. The Bertz CT molecular complexity index is 623. The average molecular weight is 299 g/mol. The van der Waals surface area contributed by atoms with Crippen LogP contribution in [0.5, 0.6) is 0 Å². The molecular weight excluding hydrogens is 286 g/mol. The van der Waals surface area contributed by atoms with E-state index >= 15 is 0 Å². The van der Waals surface area contributed by atoms with Gasteiger partial charge in [-0.3, -0.25) is 14.9 Å². The molecule has 1 saturated heterocycles. The Morgan fingerprint density at radius 1 is 1.15 bits per heavy atom. The standard InChI is InChI=1S/C11H13N3O5S/c15-9-12-5-7-13(8-6-12)20(18,19)11-4-2-1-3-10(11)14(16)17/h1-4,9H,5-8H2. The Morgan fingerprint density at radius 2 is 1.75 bits per heavy atom. The van der Waals surface area contributed by atoms with E-state index < -0.39 is 20.6 Å². The summed E-state index contributed by atoms with van der Waals surface area (Å²) < 4.78 is 26.0. The minimum absolute atomic E-state index is 0.132. The number of piperazine rings is 1. The molecule has 9 heteroatoms. The van der Waals surface area contributed by atoms with Crippen LogP contribution in [-0.2, 0) is 14.8 Å². The number of amides is 1. The predicted molar refractivity (Wildman–Crippen MR) is 69.5 cm³/mol. The fourth-order valence-electron chi connectivity index (χ4n) is 2.01. The predicted octanol–water partition coefficient (Wildman–Crippen LogP) is 0.0575. The van der Waals surface area contributed by atoms with Gasteiger partial charge in [-0.2, -0.15) is 4.31 Å². The molecule has 0 unspecified atom stereocenters. The lowest BCUT2D eigenvalue weighted by Gasteiger charge is -2.31. The maximum absolute atomic E-state index is 12.4. The molecule has 108 valence electrons. The van der Waals surface area contributed by atoms with Crippen molar-refractivity contribution < 1.29 is 18.1 Å². The third-order valence-corrected chi connectivity index (χ3v) is 5.05. The fourth-order valence-corrected chi connectivity index (χ4v) is 3.59. The second kappa shape index (κ2) is 5.55. The molecule has 0 bridgehead atoms. The lowest BCUT2D eigenvalue weighted by atomic mass is 10.3. The van der Waals surface area contributed by atoms with Gasteiger partial charge in [0.05, 0.1) is 4.92 Å². The number of carbonyl (C=O) groups excluding carboxylic acids is 1. The number of carbonyl (C=O) groups is 1. The van der Waals surface area contributed by atoms with Gasteiger partial charge in [-0.25, -0.2) is 8.42 Å². The molecule has 0 radical (unpaired) electrons. The molecule has 20 heavy (non-hydrogen) atoms. The highest BCUT2D eigenvalue weighted by molar-refractivity contribution is 7.89. The largest absolute Gasteiger partial charge is 0.343 e. The minimum Gasteiger partial charge on any atom is -0.343 e. The number of nitro groups is 1. The summed E-state index contributed by atoms with van der Waals surface area (Å²) in [6.45, 7) is 0.826. The molecule has 0 saturated carbocycles. The maximum atomic E-state index is 12.4. The Balaban J connectivity index is 2.32. The average Bonchev–Trinajstić information content (AvgIpc) is 2.47. The highest BCUT2D eigenvalue weighted by Crippen LogP contribution is 2.26. The molecule has 8 nitrogen and oxygen atoms in total. The second-order valence-corrected chi connectivity index (χ2v) is 6.18. The van der Waals surface area contributed by atoms with Crippen molar-refractivity contribution in [2.24, 2.45) is 0 Å². The van der Waals surface area contributed by atoms with E-state index in [1.807, 2.05) is 0 Å². The number of sulfonamides is 1. The molecule has 0 atom stereocenters. The van der Waals surface area contributed by atoms with E-state index in [-0.39, 0.29) is 31.1 Å². The van der Waals surface area contributed by atoms with Crippen LogP contribution in [-0.4, -0.2) is 55.1 Å². The summed E-state index contributed by atoms with van der Waals surface area (Å²) in [5, 5.41) is 10.9. The number of rotatable bonds is 4. The van der Waals surface area contributed by atoms with Crippen LogP contribution in [0.3, 0.4) is 0 Å². The zero-order chi connectivity index (χ0) is 14.8. The quantitative estimate of drug-likeness (QED) is 0.444. The van der Waals surface area contributed by atoms with Crippen molar-refractivity contribution in [1.82, 2.24) is 9.21 Å². The Morgan fingerprint density at radius 3 is 2.30 bits per heavy atom. The van der Waals surface area contributed by atoms with Crippen molar-refractivity contribution in [1.29, 1.82) is 0 Å². The van der Waals surface area contributed by atoms with Crippen molar-refractivity contribution in [2.75, 3.05) is 26.2 Å². The maximum Gasteiger partial charge on any atom is 0.289 e. The highest BCUT2D eigenvalue weighted by atomic mass is 32.2. The number of para-hydroxylation sites is 1. The van der Waals surface area contributed by atoms with Gasteiger partial charge in [0.15, 0.2) is 4.90 Å². The number of nitro benzene ring substituents is 1. The molecular formula is C11H13N3O5S. The summed E-state index contributed by atoms with van der Waals surface area (Å²) >= 11 is 0. The number of nitrogens with zero attached hydrogens (tertiary/aromatic N) is 3. The molecule has 0 aromatic heterocycles. The van der Waals surface area contributed by atoms with Gasteiger partial charge in [0.1, 0.15) is 0 Å². The van der Waals surface area contributed by atoms with Crippen LogP contribution in [0.15, 0.2) is 29.2 Å². The normalized spacial score (nSPS) is 16.9. The number of hydrogen-bond acceptors (Lipinski definition) is 5. The van der Waals surface area contributed by atoms with Crippen LogP contribution in [0, 0.1) is 10.1 Å². The SMILES string of the molecule is O=CN1CCN(S(=O)(=O)c2ccccc2[N+](=O)[O-])CC1. The molecule has 0 N–H and O–H groups in total. The van der Waals surface area contributed by atoms with Crippen LogP contribution in [0.1, 0.15) is 0 Å². The Labute approximate surface area is 115 Å². The van der Waals surface area contributed by atoms with Gasteiger partial charge in [0.2, 0.25) is 16.4 Å². The van der Waals surface area contributed by atoms with Crippen molar-refractivity contribution in [3.63, 3.8) is 0 Å². The van der Waals surface area contributed by atoms with Gasteiger partial charge < -0.3 is 4.90 Å². The van der Waals surface area contributed by atoms with Gasteiger partial charge in [-0.05, 0) is 6.07 Å². The van der Waals surface area contributed by atoms with Gasteiger partial charge in [0, 0.05) is 32.2 Å². The molecule has 1 aromatic carbocycles. The monoisotopic (exact) mass is 299 g/mol. The molecule has 1 aliphatic heterocycles. The first-order valence-corrected chi connectivity index (χ1v) is 7.34. The number of hydrogen-bond donors (Lipinski definition) is 0. The lowest BCUT2D eigenvalue weighted by Crippen LogP contribution is -2.48. The highest BCUT2D eigenvalue weighted by Gasteiger charge is 2.33. The first-order chi connectivity index (χ1) is 9.46. The lowest BCUT2D eigenvalue weighted by molar-refractivity contribution is -0.387. The summed E-state index contributed by atoms with van der Waals surface area (Å²) in [4.78, 5) is 22.0. The van der Waals surface area contributed by atoms with E-state index in [2.05, 4.69) is 0 Å². The first kappa shape index (κ1) is 14.4. The van der Waals surface area contributed by atoms with Crippen molar-refractivity contribution in [3.8, 4) is 0 Å². The fraction of sp³-hybridized carbons (Fsp3) is 0.364. The van der Waals surface area contributed by atoms with Gasteiger partial charge in [0.25, 0.3) is 5.69 Å². The van der Waals surface area contributed by atoms with E-state index in [0.717, 1.165) is 10.4 Å². The van der Waals surface area contributed by atoms with Crippen molar-refractivity contribution in [3.05, 3.63) is 34.4 Å². The third-order valence-electron chi connectivity index (χ3n) is 3.10. The topological polar surface area (TPSA) is 101 Å². The summed E-state index contributed by atoms with van der Waals surface area (Å²) in [5.41, 5.74) is -0.440. The zero-order valence-electron chi connectivity index (χ0n) is 10.5. The Hall–Kier alpha value is -2.00. The van der Waals surface area contributed by atoms with Crippen molar-refractivity contribution in [2.45, 2.75) is 4.90 Å². The van der Waals surface area contributed by atoms with Gasteiger partial charge in [-0.15, -0.1) is 0 Å². The van der Waals surface area contributed by atoms with Crippen LogP contribution in [0.4, 0.5) is 5.69 Å². The minimum atomic E-state index is -3.92. The third kappa shape index (κ3) is 2.63. The molecule has 0 aliphatic carbocycles. The van der Waals surface area contributed by atoms with E-state index in [9.17, 15) is 23.3 Å². The van der Waals surface area contributed by atoms with Crippen molar-refractivity contribution >= 4 is 22.1 Å². The van der Waals surface area contributed by atoms with E-state index in [0.29, 0.717) is 6.41 Å². The van der Waals surface area contributed by atoms with Crippen LogP contribution in [0.25, 0.3) is 0 Å². The molecule has 2 rings (SSSR count). The first-order valence-electron chi connectivity index (χ1n) is 5.89. The van der Waals surface area contributed by atoms with Crippen LogP contribution < -0.4 is 0 Å². The molecule has 1 heterocycles. The van der Waals surface area contributed by atoms with Crippen LogP contribution >= 0.6 is 0 Å². The smallest absolute Gasteiger partial charge is 0.289 e. The summed E-state index contributed by atoms with van der Waals surface area (Å²) in [6.07, 6.45) is 0.662. The van der Waals surface area contributed by atoms with Gasteiger partial charge in [-0.1, -0.05) is 12.1 Å². The summed E-state index contributed by atoms with van der Waals surface area (Å²) in [7, 11) is -3.92. The molecule has 1 aromatic rings. The number of benzene rings is 1. The van der Waals surface area contributed by atoms with Crippen LogP contribution in [0.2, 0.25) is 0 Å². The molecule has 1 aliphatic rings. The van der Waals surface area contributed by atoms with E-state index in [1.54, 1.807) is 0 Å². The van der Waals surface area contributed by atoms with E-state index in [1.165, 1.54) is 23.1 Å². The summed E-state index contributed by atoms with van der Waals surface area (Å²) in [5.74, 6) is 0. The van der Waals surface area contributed by atoms with Gasteiger partial charge >= 0.3 is 0 Å². The second-order valence-electron chi connectivity index (χ2n) is 4.27. The Kier molecular flexibility index (Phi) is 4.00. The molecule has 1 amide bonds. The molecule has 1 fully saturated rings.